The third kappa shape index (κ3) is 7.24. The molecule has 0 aromatic carbocycles. The zero-order valence-corrected chi connectivity index (χ0v) is 11.8. The monoisotopic (exact) mass is 228 g/mol. The van der Waals surface area contributed by atoms with Crippen LogP contribution in [0.2, 0.25) is 0 Å². The molecule has 1 unspecified atom stereocenters. The van der Waals surface area contributed by atoms with Gasteiger partial charge in [0.25, 0.3) is 0 Å². The van der Waals surface area contributed by atoms with Gasteiger partial charge in [-0.3, -0.25) is 4.90 Å². The minimum absolute atomic E-state index is 0.595. The van der Waals surface area contributed by atoms with Gasteiger partial charge in [-0.1, -0.05) is 40.5 Å². The average Bonchev–Trinajstić information content (AvgIpc) is 2.26. The van der Waals surface area contributed by atoms with Crippen molar-refractivity contribution in [3.8, 4) is 0 Å². The summed E-state index contributed by atoms with van der Waals surface area (Å²) in [6, 6.07) is 0.595. The molecule has 2 N–H and O–H groups in total. The lowest BCUT2D eigenvalue weighted by molar-refractivity contribution is 0.172. The van der Waals surface area contributed by atoms with Gasteiger partial charge < -0.3 is 5.73 Å². The Labute approximate surface area is 103 Å². The van der Waals surface area contributed by atoms with Gasteiger partial charge in [-0.15, -0.1) is 0 Å². The van der Waals surface area contributed by atoms with Crippen molar-refractivity contribution >= 4 is 0 Å². The molecule has 0 radical (unpaired) electrons. The molecule has 0 aliphatic rings. The van der Waals surface area contributed by atoms with Crippen LogP contribution in [0.15, 0.2) is 0 Å². The average molecular weight is 228 g/mol. The van der Waals surface area contributed by atoms with E-state index in [1.807, 2.05) is 0 Å². The Morgan fingerprint density at radius 3 is 1.81 bits per heavy atom. The van der Waals surface area contributed by atoms with Crippen LogP contribution < -0.4 is 5.73 Å². The summed E-state index contributed by atoms with van der Waals surface area (Å²) in [5.74, 6) is 0.749. The Morgan fingerprint density at radius 2 is 1.50 bits per heavy atom. The third-order valence-electron chi connectivity index (χ3n) is 3.13. The maximum absolute atomic E-state index is 5.92. The van der Waals surface area contributed by atoms with E-state index in [0.717, 1.165) is 12.5 Å². The van der Waals surface area contributed by atoms with Gasteiger partial charge in [0.15, 0.2) is 0 Å². The topological polar surface area (TPSA) is 29.3 Å². The van der Waals surface area contributed by atoms with Crippen LogP contribution in [0.25, 0.3) is 0 Å². The first-order chi connectivity index (χ1) is 7.65. The molecule has 0 aliphatic heterocycles. The third-order valence-corrected chi connectivity index (χ3v) is 3.13. The first kappa shape index (κ1) is 15.9. The van der Waals surface area contributed by atoms with Crippen molar-refractivity contribution in [2.75, 3.05) is 19.6 Å². The molecule has 0 aliphatic carbocycles. The molecule has 0 bridgehead atoms. The highest BCUT2D eigenvalue weighted by atomic mass is 15.2. The lowest BCUT2D eigenvalue weighted by Crippen LogP contribution is -2.42. The van der Waals surface area contributed by atoms with Crippen molar-refractivity contribution in [1.82, 2.24) is 4.90 Å². The molecule has 0 aromatic rings. The first-order valence-electron chi connectivity index (χ1n) is 7.09. The molecule has 0 saturated carbocycles. The number of nitrogens with zero attached hydrogens (tertiary/aromatic N) is 1. The van der Waals surface area contributed by atoms with Gasteiger partial charge in [0.05, 0.1) is 0 Å². The van der Waals surface area contributed by atoms with Gasteiger partial charge in [0.1, 0.15) is 0 Å². The SMILES string of the molecule is CCCCN(CCCC)C(CN)CC(C)C. The normalized spacial score (nSPS) is 13.7. The van der Waals surface area contributed by atoms with Gasteiger partial charge in [-0.2, -0.15) is 0 Å². The summed E-state index contributed by atoms with van der Waals surface area (Å²) in [6.45, 7) is 12.4. The lowest BCUT2D eigenvalue weighted by atomic mass is 10.0. The van der Waals surface area contributed by atoms with E-state index in [9.17, 15) is 0 Å². The van der Waals surface area contributed by atoms with Crippen molar-refractivity contribution < 1.29 is 0 Å². The van der Waals surface area contributed by atoms with E-state index in [2.05, 4.69) is 32.6 Å². The molecule has 0 rings (SSSR count). The second kappa shape index (κ2) is 10.1. The van der Waals surface area contributed by atoms with E-state index in [1.54, 1.807) is 0 Å². The summed E-state index contributed by atoms with van der Waals surface area (Å²) < 4.78 is 0. The summed E-state index contributed by atoms with van der Waals surface area (Å²) >= 11 is 0. The zero-order chi connectivity index (χ0) is 12.4. The molecule has 0 saturated heterocycles. The summed E-state index contributed by atoms with van der Waals surface area (Å²) in [4.78, 5) is 2.62. The van der Waals surface area contributed by atoms with E-state index >= 15 is 0 Å². The van der Waals surface area contributed by atoms with Crippen LogP contribution in [-0.2, 0) is 0 Å². The minimum Gasteiger partial charge on any atom is -0.329 e. The molecule has 98 valence electrons. The van der Waals surface area contributed by atoms with Gasteiger partial charge in [-0.25, -0.2) is 0 Å². The van der Waals surface area contributed by atoms with E-state index in [1.165, 1.54) is 45.2 Å². The Balaban J connectivity index is 4.17. The Hall–Kier alpha value is -0.0800. The van der Waals surface area contributed by atoms with Crippen molar-refractivity contribution in [3.05, 3.63) is 0 Å². The number of rotatable bonds is 10. The predicted octanol–water partition coefficient (Wildman–Crippen LogP) is 3.26. The highest BCUT2D eigenvalue weighted by molar-refractivity contribution is 4.74. The van der Waals surface area contributed by atoms with Gasteiger partial charge >= 0.3 is 0 Å². The molecular formula is C14H32N2. The fraction of sp³-hybridized carbons (Fsp3) is 1.00. The van der Waals surface area contributed by atoms with Gasteiger partial charge in [-0.05, 0) is 38.3 Å². The van der Waals surface area contributed by atoms with Gasteiger partial charge in [0.2, 0.25) is 0 Å². The van der Waals surface area contributed by atoms with Crippen molar-refractivity contribution in [2.24, 2.45) is 11.7 Å². The Bertz CT molecular complexity index is 138. The summed E-state index contributed by atoms with van der Waals surface area (Å²) in [7, 11) is 0. The van der Waals surface area contributed by atoms with E-state index in [-0.39, 0.29) is 0 Å². The second-order valence-corrected chi connectivity index (χ2v) is 5.26. The number of hydrogen-bond donors (Lipinski definition) is 1. The van der Waals surface area contributed by atoms with E-state index in [4.69, 9.17) is 5.73 Å². The summed E-state index contributed by atoms with van der Waals surface area (Å²) in [6.07, 6.45) is 6.41. The van der Waals surface area contributed by atoms with E-state index in [0.29, 0.717) is 6.04 Å². The smallest absolute Gasteiger partial charge is 0.0220 e. The Kier molecular flexibility index (Phi) is 10.0. The molecule has 0 amide bonds. The Morgan fingerprint density at radius 1 is 1.00 bits per heavy atom. The molecule has 0 aromatic heterocycles. The van der Waals surface area contributed by atoms with Crippen LogP contribution in [0.3, 0.4) is 0 Å². The molecule has 0 fully saturated rings. The maximum atomic E-state index is 5.92. The molecule has 2 nitrogen and oxygen atoms in total. The number of unbranched alkanes of at least 4 members (excludes halogenated alkanes) is 2. The van der Waals surface area contributed by atoms with Crippen LogP contribution in [0, 0.1) is 5.92 Å². The molecule has 0 spiro atoms. The highest BCUT2D eigenvalue weighted by Crippen LogP contribution is 2.12. The first-order valence-corrected chi connectivity index (χ1v) is 7.09. The molecular weight excluding hydrogens is 196 g/mol. The fourth-order valence-electron chi connectivity index (χ4n) is 2.14. The van der Waals surface area contributed by atoms with Crippen molar-refractivity contribution in [1.29, 1.82) is 0 Å². The lowest BCUT2D eigenvalue weighted by Gasteiger charge is -2.32. The van der Waals surface area contributed by atoms with Crippen molar-refractivity contribution in [2.45, 2.75) is 65.8 Å². The number of hydrogen-bond acceptors (Lipinski definition) is 2. The minimum atomic E-state index is 0.595. The van der Waals surface area contributed by atoms with Crippen LogP contribution in [-0.4, -0.2) is 30.6 Å². The maximum Gasteiger partial charge on any atom is 0.0220 e. The zero-order valence-electron chi connectivity index (χ0n) is 11.8. The number of nitrogens with two attached hydrogens (primary N) is 1. The molecule has 16 heavy (non-hydrogen) atoms. The van der Waals surface area contributed by atoms with Crippen LogP contribution in [0.1, 0.15) is 59.8 Å². The van der Waals surface area contributed by atoms with Crippen LogP contribution >= 0.6 is 0 Å². The summed E-state index contributed by atoms with van der Waals surface area (Å²) in [5, 5.41) is 0. The standard InChI is InChI=1S/C14H32N2/c1-5-7-9-16(10-8-6-2)14(12-15)11-13(3)4/h13-14H,5-12,15H2,1-4H3. The van der Waals surface area contributed by atoms with Crippen LogP contribution in [0.4, 0.5) is 0 Å². The predicted molar refractivity (Wildman–Crippen MR) is 73.7 cm³/mol. The highest BCUT2D eigenvalue weighted by Gasteiger charge is 2.17. The van der Waals surface area contributed by atoms with E-state index < -0.39 is 0 Å². The molecule has 2 heteroatoms. The van der Waals surface area contributed by atoms with Gasteiger partial charge in [0, 0.05) is 12.6 Å². The fourth-order valence-corrected chi connectivity index (χ4v) is 2.14. The summed E-state index contributed by atoms with van der Waals surface area (Å²) in [5.41, 5.74) is 5.92. The quantitative estimate of drug-likeness (QED) is 0.622. The second-order valence-electron chi connectivity index (χ2n) is 5.26. The molecule has 0 heterocycles. The largest absolute Gasteiger partial charge is 0.329 e. The molecule has 1 atom stereocenters. The van der Waals surface area contributed by atoms with Crippen molar-refractivity contribution in [3.63, 3.8) is 0 Å². The van der Waals surface area contributed by atoms with Crippen LogP contribution in [0.5, 0.6) is 0 Å².